The molecule has 3 aromatic rings. The number of alkyl halides is 3. The summed E-state index contributed by atoms with van der Waals surface area (Å²) in [6.45, 7) is 7.68. The number of carbonyl (C=O) groups is 1. The van der Waals surface area contributed by atoms with Gasteiger partial charge in [-0.1, -0.05) is 0 Å². The molecule has 1 aliphatic rings. The molecule has 0 N–H and O–H groups in total. The van der Waals surface area contributed by atoms with E-state index in [1.807, 2.05) is 20.8 Å². The van der Waals surface area contributed by atoms with Crippen molar-refractivity contribution in [3.63, 3.8) is 0 Å². The summed E-state index contributed by atoms with van der Waals surface area (Å²) in [5.41, 5.74) is 0.0514. The molecule has 11 heteroatoms. The Balaban J connectivity index is 1.53. The fraction of sp³-hybridized carbons (Fsp3) is 0.444. The highest BCUT2D eigenvalue weighted by molar-refractivity contribution is 5.95. The Hall–Kier alpha value is -3.76. The zero-order chi connectivity index (χ0) is 27.3. The Morgan fingerprint density at radius 2 is 1.63 bits per heavy atom. The van der Waals surface area contributed by atoms with Crippen molar-refractivity contribution >= 4 is 5.91 Å². The van der Waals surface area contributed by atoms with Gasteiger partial charge in [-0.25, -0.2) is 0 Å². The molecule has 1 fully saturated rings. The van der Waals surface area contributed by atoms with Crippen LogP contribution >= 0.6 is 0 Å². The SMILES string of the molecule is CCOc1cc(C(=O)N2CCCC(c3nnc(-c4ccc(C(F)(F)F)cc4)o3)C2)cc(OCC)c1OCC. The number of halogens is 3. The van der Waals surface area contributed by atoms with Crippen LogP contribution in [0.3, 0.4) is 0 Å². The average molecular weight is 534 g/mol. The van der Waals surface area contributed by atoms with Gasteiger partial charge in [0.15, 0.2) is 11.5 Å². The summed E-state index contributed by atoms with van der Waals surface area (Å²) < 4.78 is 61.6. The van der Waals surface area contributed by atoms with E-state index >= 15 is 0 Å². The molecule has 1 unspecified atom stereocenters. The van der Waals surface area contributed by atoms with Crippen LogP contribution in [0.25, 0.3) is 11.5 Å². The quantitative estimate of drug-likeness (QED) is 0.335. The number of likely N-dealkylation sites (tertiary alicyclic amines) is 1. The largest absolute Gasteiger partial charge is 0.490 e. The van der Waals surface area contributed by atoms with Gasteiger partial charge in [-0.15, -0.1) is 10.2 Å². The number of carbonyl (C=O) groups excluding carboxylic acids is 1. The van der Waals surface area contributed by atoms with Gasteiger partial charge in [-0.05, 0) is 70.0 Å². The van der Waals surface area contributed by atoms with Crippen LogP contribution in [0.2, 0.25) is 0 Å². The van der Waals surface area contributed by atoms with Crippen LogP contribution in [-0.2, 0) is 6.18 Å². The van der Waals surface area contributed by atoms with Gasteiger partial charge in [0.1, 0.15) is 0 Å². The van der Waals surface area contributed by atoms with Gasteiger partial charge in [0.2, 0.25) is 17.5 Å². The van der Waals surface area contributed by atoms with Crippen molar-refractivity contribution in [2.75, 3.05) is 32.9 Å². The Bertz CT molecular complexity index is 1220. The molecule has 2 heterocycles. The first-order chi connectivity index (χ1) is 18.2. The summed E-state index contributed by atoms with van der Waals surface area (Å²) in [6, 6.07) is 7.88. The van der Waals surface area contributed by atoms with E-state index in [4.69, 9.17) is 18.6 Å². The predicted molar refractivity (Wildman–Crippen MR) is 133 cm³/mol. The molecule has 38 heavy (non-hydrogen) atoms. The Morgan fingerprint density at radius 3 is 2.21 bits per heavy atom. The molecule has 2 aromatic carbocycles. The number of aromatic nitrogens is 2. The van der Waals surface area contributed by atoms with Gasteiger partial charge in [-0.2, -0.15) is 13.2 Å². The van der Waals surface area contributed by atoms with E-state index in [1.165, 1.54) is 12.1 Å². The van der Waals surface area contributed by atoms with Crippen molar-refractivity contribution in [3.8, 4) is 28.7 Å². The van der Waals surface area contributed by atoms with Crippen LogP contribution in [-0.4, -0.2) is 53.9 Å². The third kappa shape index (κ3) is 6.03. The van der Waals surface area contributed by atoms with Crippen molar-refractivity contribution in [1.82, 2.24) is 15.1 Å². The summed E-state index contributed by atoms with van der Waals surface area (Å²) in [7, 11) is 0. The first kappa shape index (κ1) is 27.3. The Morgan fingerprint density at radius 1 is 1.00 bits per heavy atom. The fourth-order valence-electron chi connectivity index (χ4n) is 4.38. The average Bonchev–Trinajstić information content (AvgIpc) is 3.40. The predicted octanol–water partition coefficient (Wildman–Crippen LogP) is 5.97. The zero-order valence-corrected chi connectivity index (χ0v) is 21.5. The topological polar surface area (TPSA) is 86.9 Å². The lowest BCUT2D eigenvalue weighted by molar-refractivity contribution is -0.137. The van der Waals surface area contributed by atoms with E-state index in [2.05, 4.69) is 10.2 Å². The molecule has 1 saturated heterocycles. The van der Waals surface area contributed by atoms with Crippen molar-refractivity contribution < 1.29 is 36.6 Å². The molecule has 0 bridgehead atoms. The second kappa shape index (κ2) is 11.7. The molecule has 4 rings (SSSR count). The molecular weight excluding hydrogens is 503 g/mol. The highest BCUT2D eigenvalue weighted by Crippen LogP contribution is 2.40. The first-order valence-corrected chi connectivity index (χ1v) is 12.6. The van der Waals surface area contributed by atoms with Crippen LogP contribution in [0.5, 0.6) is 17.2 Å². The number of nitrogens with zero attached hydrogens (tertiary/aromatic N) is 3. The van der Waals surface area contributed by atoms with Crippen molar-refractivity contribution in [2.24, 2.45) is 0 Å². The van der Waals surface area contributed by atoms with Crippen LogP contribution < -0.4 is 14.2 Å². The summed E-state index contributed by atoms with van der Waals surface area (Å²) in [5.74, 6) is 1.42. The van der Waals surface area contributed by atoms with Gasteiger partial charge in [0.25, 0.3) is 5.91 Å². The number of ether oxygens (including phenoxy) is 3. The first-order valence-electron chi connectivity index (χ1n) is 12.6. The molecule has 0 saturated carbocycles. The van der Waals surface area contributed by atoms with Gasteiger partial charge in [0.05, 0.1) is 31.3 Å². The maximum absolute atomic E-state index is 13.5. The molecule has 1 aliphatic heterocycles. The second-order valence-electron chi connectivity index (χ2n) is 8.71. The molecule has 0 radical (unpaired) electrons. The minimum Gasteiger partial charge on any atom is -0.490 e. The van der Waals surface area contributed by atoms with Crippen LogP contribution in [0.15, 0.2) is 40.8 Å². The standard InChI is InChI=1S/C27H30F3N3O5/c1-4-35-21-14-19(15-22(36-5-2)23(21)37-6-3)26(34)33-13-7-8-18(16-33)25-32-31-24(38-25)17-9-11-20(12-10-17)27(28,29)30/h9-12,14-15,18H,4-8,13,16H2,1-3H3. The van der Waals surface area contributed by atoms with Gasteiger partial charge in [-0.3, -0.25) is 4.79 Å². The smallest absolute Gasteiger partial charge is 0.416 e. The molecular formula is C27H30F3N3O5. The second-order valence-corrected chi connectivity index (χ2v) is 8.71. The molecule has 8 nitrogen and oxygen atoms in total. The zero-order valence-electron chi connectivity index (χ0n) is 21.5. The summed E-state index contributed by atoms with van der Waals surface area (Å²) in [5, 5.41) is 8.15. The lowest BCUT2D eigenvalue weighted by Gasteiger charge is -2.31. The van der Waals surface area contributed by atoms with Crippen LogP contribution in [0, 0.1) is 0 Å². The molecule has 0 spiro atoms. The van der Waals surface area contributed by atoms with Gasteiger partial charge in [0, 0.05) is 24.2 Å². The third-order valence-electron chi connectivity index (χ3n) is 6.11. The maximum Gasteiger partial charge on any atom is 0.416 e. The van der Waals surface area contributed by atoms with Crippen LogP contribution in [0.1, 0.15) is 61.3 Å². The highest BCUT2D eigenvalue weighted by Gasteiger charge is 2.32. The number of piperidine rings is 1. The fourth-order valence-corrected chi connectivity index (χ4v) is 4.38. The summed E-state index contributed by atoms with van der Waals surface area (Å²) >= 11 is 0. The van der Waals surface area contributed by atoms with Gasteiger partial charge >= 0.3 is 6.18 Å². The minimum atomic E-state index is -4.42. The van der Waals surface area contributed by atoms with E-state index in [0.29, 0.717) is 67.2 Å². The Kier molecular flexibility index (Phi) is 8.43. The molecule has 0 aliphatic carbocycles. The minimum absolute atomic E-state index is 0.131. The summed E-state index contributed by atoms with van der Waals surface area (Å²) in [6.07, 6.45) is -2.97. The van der Waals surface area contributed by atoms with Crippen molar-refractivity contribution in [1.29, 1.82) is 0 Å². The van der Waals surface area contributed by atoms with Crippen LogP contribution in [0.4, 0.5) is 13.2 Å². The molecule has 1 amide bonds. The molecule has 204 valence electrons. The van der Waals surface area contributed by atoms with E-state index in [9.17, 15) is 18.0 Å². The lowest BCUT2D eigenvalue weighted by atomic mass is 9.97. The number of hydrogen-bond donors (Lipinski definition) is 0. The normalized spacial score (nSPS) is 15.8. The third-order valence-corrected chi connectivity index (χ3v) is 6.11. The number of hydrogen-bond acceptors (Lipinski definition) is 7. The Labute approximate surface area is 218 Å². The maximum atomic E-state index is 13.5. The number of amides is 1. The van der Waals surface area contributed by atoms with Crippen molar-refractivity contribution in [3.05, 3.63) is 53.4 Å². The van der Waals surface area contributed by atoms with E-state index in [-0.39, 0.29) is 17.7 Å². The lowest BCUT2D eigenvalue weighted by Crippen LogP contribution is -2.39. The number of rotatable bonds is 9. The summed E-state index contributed by atoms with van der Waals surface area (Å²) in [4.78, 5) is 15.2. The van der Waals surface area contributed by atoms with E-state index in [0.717, 1.165) is 25.0 Å². The van der Waals surface area contributed by atoms with Crippen molar-refractivity contribution in [2.45, 2.75) is 45.7 Å². The molecule has 1 atom stereocenters. The molecule has 1 aromatic heterocycles. The monoisotopic (exact) mass is 533 g/mol. The highest BCUT2D eigenvalue weighted by atomic mass is 19.4. The van der Waals surface area contributed by atoms with E-state index < -0.39 is 11.7 Å². The number of benzene rings is 2. The van der Waals surface area contributed by atoms with Gasteiger partial charge < -0.3 is 23.5 Å². The van der Waals surface area contributed by atoms with E-state index in [1.54, 1.807) is 17.0 Å².